The van der Waals surface area contributed by atoms with E-state index in [0.29, 0.717) is 5.92 Å². The summed E-state index contributed by atoms with van der Waals surface area (Å²) in [6.07, 6.45) is 22.5. The van der Waals surface area contributed by atoms with E-state index in [4.69, 9.17) is 4.74 Å². The van der Waals surface area contributed by atoms with Crippen molar-refractivity contribution in [3.05, 3.63) is 12.2 Å². The Labute approximate surface area is 186 Å². The minimum Gasteiger partial charge on any atom is -0.456 e. The Bertz CT molecular complexity index is 521. The number of hydrogen-bond acceptors (Lipinski definition) is 3. The average Bonchev–Trinajstić information content (AvgIpc) is 2.73. The molecule has 0 aromatic carbocycles. The van der Waals surface area contributed by atoms with Crippen molar-refractivity contribution in [3.8, 4) is 11.8 Å². The molecule has 1 fully saturated rings. The first kappa shape index (κ1) is 26.8. The van der Waals surface area contributed by atoms with Gasteiger partial charge in [-0.05, 0) is 52.3 Å². The van der Waals surface area contributed by atoms with Gasteiger partial charge in [0, 0.05) is 18.4 Å². The molecule has 1 aliphatic heterocycles. The summed E-state index contributed by atoms with van der Waals surface area (Å²) in [6.45, 7) is 8.33. The summed E-state index contributed by atoms with van der Waals surface area (Å²) in [5.41, 5.74) is -0.411. The van der Waals surface area contributed by atoms with E-state index in [1.165, 1.54) is 76.7 Å². The van der Waals surface area contributed by atoms with Gasteiger partial charge in [0.25, 0.3) is 0 Å². The molecule has 0 saturated carbocycles. The molecule has 1 saturated heterocycles. The normalized spacial score (nSPS) is 15.2. The van der Waals surface area contributed by atoms with Crippen molar-refractivity contribution in [2.75, 3.05) is 13.1 Å². The SMILES string of the molecule is CCCCCCCCCCCCCCC#C/C=C/C(=O)OC(C)(C)C1CCNCC1. The van der Waals surface area contributed by atoms with Crippen LogP contribution in [0.4, 0.5) is 0 Å². The topological polar surface area (TPSA) is 38.3 Å². The van der Waals surface area contributed by atoms with E-state index < -0.39 is 5.60 Å². The van der Waals surface area contributed by atoms with Crippen LogP contribution < -0.4 is 5.32 Å². The van der Waals surface area contributed by atoms with E-state index in [9.17, 15) is 4.79 Å². The highest BCUT2D eigenvalue weighted by Gasteiger charge is 2.33. The zero-order chi connectivity index (χ0) is 21.9. The third kappa shape index (κ3) is 13.9. The van der Waals surface area contributed by atoms with Crippen molar-refractivity contribution >= 4 is 5.97 Å². The molecule has 0 bridgehead atoms. The summed E-state index contributed by atoms with van der Waals surface area (Å²) in [5.74, 6) is 6.27. The number of carbonyl (C=O) groups excluding carboxylic acids is 1. The van der Waals surface area contributed by atoms with Gasteiger partial charge in [-0.25, -0.2) is 4.79 Å². The number of nitrogens with one attached hydrogen (secondary N) is 1. The van der Waals surface area contributed by atoms with Crippen LogP contribution in [0, 0.1) is 17.8 Å². The summed E-state index contributed by atoms with van der Waals surface area (Å²) in [7, 11) is 0. The molecule has 172 valence electrons. The molecule has 0 radical (unpaired) electrons. The average molecular weight is 418 g/mol. The maximum atomic E-state index is 12.1. The molecular formula is C27H47NO2. The lowest BCUT2D eigenvalue weighted by atomic mass is 9.83. The highest BCUT2D eigenvalue weighted by atomic mass is 16.6. The van der Waals surface area contributed by atoms with E-state index in [-0.39, 0.29) is 5.97 Å². The second-order valence-corrected chi connectivity index (χ2v) is 9.34. The van der Waals surface area contributed by atoms with E-state index in [1.54, 1.807) is 6.08 Å². The van der Waals surface area contributed by atoms with Crippen LogP contribution in [0.1, 0.15) is 117 Å². The number of hydrogen-bond donors (Lipinski definition) is 1. The maximum Gasteiger partial charge on any atom is 0.331 e. The quantitative estimate of drug-likeness (QED) is 0.135. The van der Waals surface area contributed by atoms with Crippen LogP contribution in [0.2, 0.25) is 0 Å². The zero-order valence-electron chi connectivity index (χ0n) is 20.1. The minimum absolute atomic E-state index is 0.279. The summed E-state index contributed by atoms with van der Waals surface area (Å²) in [5, 5.41) is 3.35. The number of carbonyl (C=O) groups is 1. The molecule has 0 aromatic rings. The van der Waals surface area contributed by atoms with Gasteiger partial charge in [-0.1, -0.05) is 89.4 Å². The third-order valence-electron chi connectivity index (χ3n) is 6.25. The van der Waals surface area contributed by atoms with Gasteiger partial charge in [-0.2, -0.15) is 0 Å². The molecule has 30 heavy (non-hydrogen) atoms. The molecular weight excluding hydrogens is 370 g/mol. The molecule has 3 nitrogen and oxygen atoms in total. The fourth-order valence-electron chi connectivity index (χ4n) is 4.19. The van der Waals surface area contributed by atoms with Gasteiger partial charge in [-0.3, -0.25) is 0 Å². The molecule has 1 heterocycles. The summed E-state index contributed by atoms with van der Waals surface area (Å²) in [6, 6.07) is 0. The van der Waals surface area contributed by atoms with Crippen LogP contribution in [0.3, 0.4) is 0 Å². The molecule has 1 rings (SSSR count). The largest absolute Gasteiger partial charge is 0.456 e. The van der Waals surface area contributed by atoms with Gasteiger partial charge in [0.15, 0.2) is 0 Å². The molecule has 3 heteroatoms. The number of ether oxygens (including phenoxy) is 1. The van der Waals surface area contributed by atoms with E-state index in [1.807, 2.05) is 13.8 Å². The third-order valence-corrected chi connectivity index (χ3v) is 6.25. The van der Waals surface area contributed by atoms with Gasteiger partial charge in [-0.15, -0.1) is 0 Å². The number of piperidine rings is 1. The molecule has 1 N–H and O–H groups in total. The highest BCUT2D eigenvalue weighted by molar-refractivity contribution is 5.82. The van der Waals surface area contributed by atoms with Crippen molar-refractivity contribution < 1.29 is 9.53 Å². The summed E-state index contributed by atoms with van der Waals surface area (Å²) < 4.78 is 5.68. The highest BCUT2D eigenvalue weighted by Crippen LogP contribution is 2.29. The molecule has 0 unspecified atom stereocenters. The van der Waals surface area contributed by atoms with Gasteiger partial charge < -0.3 is 10.1 Å². The molecule has 0 aromatic heterocycles. The standard InChI is InChI=1S/C27H47NO2/c1-4-5-6-7-8-9-10-11-12-13-14-15-16-17-18-19-20-26(29)30-27(2,3)25-21-23-28-24-22-25/h19-20,25,28H,4-16,21-24H2,1-3H3/b20-19+. The van der Waals surface area contributed by atoms with Crippen LogP contribution >= 0.6 is 0 Å². The predicted octanol–water partition coefficient (Wildman–Crippen LogP) is 6.96. The Balaban J connectivity index is 1.99. The van der Waals surface area contributed by atoms with E-state index >= 15 is 0 Å². The van der Waals surface area contributed by atoms with Crippen molar-refractivity contribution in [2.24, 2.45) is 5.92 Å². The number of esters is 1. The molecule has 0 aliphatic carbocycles. The first-order chi connectivity index (χ1) is 14.6. The Kier molecular flexibility index (Phi) is 15.5. The van der Waals surface area contributed by atoms with Crippen LogP contribution in [0.5, 0.6) is 0 Å². The van der Waals surface area contributed by atoms with Crippen LogP contribution in [0.15, 0.2) is 12.2 Å². The fourth-order valence-corrected chi connectivity index (χ4v) is 4.19. The summed E-state index contributed by atoms with van der Waals surface area (Å²) >= 11 is 0. The molecule has 1 aliphatic rings. The van der Waals surface area contributed by atoms with Gasteiger partial charge in [0.1, 0.15) is 5.60 Å². The Morgan fingerprint density at radius 2 is 1.47 bits per heavy atom. The number of allylic oxidation sites excluding steroid dienone is 1. The smallest absolute Gasteiger partial charge is 0.331 e. The van der Waals surface area contributed by atoms with Crippen molar-refractivity contribution in [2.45, 2.75) is 123 Å². The maximum absolute atomic E-state index is 12.1. The molecule has 0 atom stereocenters. The van der Waals surface area contributed by atoms with Gasteiger partial charge in [0.05, 0.1) is 0 Å². The van der Waals surface area contributed by atoms with Crippen LogP contribution in [-0.2, 0) is 9.53 Å². The Hall–Kier alpha value is -1.27. The van der Waals surface area contributed by atoms with Crippen LogP contribution in [0.25, 0.3) is 0 Å². The first-order valence-electron chi connectivity index (χ1n) is 12.6. The zero-order valence-corrected chi connectivity index (χ0v) is 20.1. The second-order valence-electron chi connectivity index (χ2n) is 9.34. The van der Waals surface area contributed by atoms with Crippen LogP contribution in [-0.4, -0.2) is 24.7 Å². The minimum atomic E-state index is -0.411. The van der Waals surface area contributed by atoms with Crippen molar-refractivity contribution in [3.63, 3.8) is 0 Å². The number of unbranched alkanes of at least 4 members (excludes halogenated alkanes) is 12. The summed E-state index contributed by atoms with van der Waals surface area (Å²) in [4.78, 5) is 12.1. The number of rotatable bonds is 15. The monoisotopic (exact) mass is 417 g/mol. The Morgan fingerprint density at radius 1 is 0.933 bits per heavy atom. The van der Waals surface area contributed by atoms with Gasteiger partial charge >= 0.3 is 5.97 Å². The molecule has 0 spiro atoms. The van der Waals surface area contributed by atoms with E-state index in [0.717, 1.165) is 38.8 Å². The van der Waals surface area contributed by atoms with E-state index in [2.05, 4.69) is 24.1 Å². The first-order valence-corrected chi connectivity index (χ1v) is 12.6. The predicted molar refractivity (Wildman–Crippen MR) is 128 cm³/mol. The Morgan fingerprint density at radius 3 is 2.03 bits per heavy atom. The van der Waals surface area contributed by atoms with Crippen molar-refractivity contribution in [1.29, 1.82) is 0 Å². The second kappa shape index (κ2) is 17.4. The van der Waals surface area contributed by atoms with Crippen molar-refractivity contribution in [1.82, 2.24) is 5.32 Å². The lowest BCUT2D eigenvalue weighted by Gasteiger charge is -2.36. The fraction of sp³-hybridized carbons (Fsp3) is 0.815. The lowest BCUT2D eigenvalue weighted by molar-refractivity contribution is -0.156. The van der Waals surface area contributed by atoms with Gasteiger partial charge in [0.2, 0.25) is 0 Å². The lowest BCUT2D eigenvalue weighted by Crippen LogP contribution is -2.42. The molecule has 0 amide bonds.